The van der Waals surface area contributed by atoms with Crippen LogP contribution in [-0.2, 0) is 9.53 Å². The smallest absolute Gasteiger partial charge is 0.348 e. The molecule has 0 N–H and O–H groups in total. The molecule has 1 aromatic heterocycles. The van der Waals surface area contributed by atoms with Crippen LogP contribution in [-0.4, -0.2) is 18.8 Å². The second kappa shape index (κ2) is 6.48. The van der Waals surface area contributed by atoms with E-state index >= 15 is 0 Å². The molecule has 5 heteroatoms. The molecule has 0 saturated heterocycles. The number of esters is 1. The summed E-state index contributed by atoms with van der Waals surface area (Å²) >= 11 is 3.25. The van der Waals surface area contributed by atoms with Crippen molar-refractivity contribution < 1.29 is 9.53 Å². The SMILES string of the molecule is CCOC(=O)/C(C#N)=C/c1cc(C)sc1SC. The molecular formula is C12H13NO2S2. The van der Waals surface area contributed by atoms with Gasteiger partial charge in [0, 0.05) is 10.4 Å². The summed E-state index contributed by atoms with van der Waals surface area (Å²) < 4.78 is 5.91. The van der Waals surface area contributed by atoms with Gasteiger partial charge in [0.05, 0.1) is 10.8 Å². The van der Waals surface area contributed by atoms with E-state index in [0.717, 1.165) is 14.6 Å². The first-order valence-electron chi connectivity index (χ1n) is 5.05. The number of aryl methyl sites for hydroxylation is 1. The number of rotatable bonds is 4. The van der Waals surface area contributed by atoms with Crippen molar-refractivity contribution in [3.05, 3.63) is 22.1 Å². The Morgan fingerprint density at radius 3 is 2.94 bits per heavy atom. The maximum absolute atomic E-state index is 11.5. The van der Waals surface area contributed by atoms with Crippen LogP contribution >= 0.6 is 23.1 Å². The van der Waals surface area contributed by atoms with E-state index in [2.05, 4.69) is 0 Å². The molecule has 0 fully saturated rings. The molecule has 1 aromatic rings. The highest BCUT2D eigenvalue weighted by atomic mass is 32.2. The first kappa shape index (κ1) is 13.8. The van der Waals surface area contributed by atoms with Crippen LogP contribution in [0.1, 0.15) is 17.4 Å². The minimum Gasteiger partial charge on any atom is -0.462 e. The van der Waals surface area contributed by atoms with Crippen LogP contribution in [0.2, 0.25) is 0 Å². The normalized spacial score (nSPS) is 11.1. The summed E-state index contributed by atoms with van der Waals surface area (Å²) in [7, 11) is 0. The van der Waals surface area contributed by atoms with Crippen molar-refractivity contribution in [2.75, 3.05) is 12.9 Å². The second-order valence-electron chi connectivity index (χ2n) is 3.19. The maximum atomic E-state index is 11.5. The summed E-state index contributed by atoms with van der Waals surface area (Å²) in [5, 5.41) is 8.93. The fourth-order valence-electron chi connectivity index (χ4n) is 1.27. The van der Waals surface area contributed by atoms with Gasteiger partial charge in [0.15, 0.2) is 0 Å². The Morgan fingerprint density at radius 2 is 2.41 bits per heavy atom. The molecule has 0 atom stereocenters. The van der Waals surface area contributed by atoms with Crippen molar-refractivity contribution in [3.8, 4) is 6.07 Å². The Bertz CT molecular complexity index is 483. The van der Waals surface area contributed by atoms with Gasteiger partial charge in [-0.3, -0.25) is 0 Å². The van der Waals surface area contributed by atoms with Crippen LogP contribution in [0.5, 0.6) is 0 Å². The molecule has 0 aliphatic rings. The maximum Gasteiger partial charge on any atom is 0.348 e. The van der Waals surface area contributed by atoms with Gasteiger partial charge in [0.2, 0.25) is 0 Å². The van der Waals surface area contributed by atoms with Crippen LogP contribution in [0.25, 0.3) is 6.08 Å². The molecule has 0 spiro atoms. The van der Waals surface area contributed by atoms with Gasteiger partial charge in [-0.2, -0.15) is 5.26 Å². The summed E-state index contributed by atoms with van der Waals surface area (Å²) in [5.74, 6) is -0.564. The van der Waals surface area contributed by atoms with Gasteiger partial charge in [-0.05, 0) is 32.2 Å². The molecule has 1 heterocycles. The van der Waals surface area contributed by atoms with Crippen LogP contribution in [0.3, 0.4) is 0 Å². The van der Waals surface area contributed by atoms with E-state index in [1.54, 1.807) is 36.1 Å². The van der Waals surface area contributed by atoms with Crippen molar-refractivity contribution >= 4 is 35.1 Å². The quantitative estimate of drug-likeness (QED) is 0.364. The first-order valence-corrected chi connectivity index (χ1v) is 7.09. The van der Waals surface area contributed by atoms with Crippen molar-refractivity contribution in [1.29, 1.82) is 5.26 Å². The third-order valence-electron chi connectivity index (χ3n) is 1.95. The highest BCUT2D eigenvalue weighted by molar-refractivity contribution is 8.00. The van der Waals surface area contributed by atoms with Gasteiger partial charge in [0.1, 0.15) is 11.6 Å². The molecule has 0 aliphatic heterocycles. The van der Waals surface area contributed by atoms with Gasteiger partial charge in [-0.1, -0.05) is 0 Å². The number of carbonyl (C=O) groups excluding carboxylic acids is 1. The van der Waals surface area contributed by atoms with Gasteiger partial charge in [-0.15, -0.1) is 23.1 Å². The molecule has 0 bridgehead atoms. The van der Waals surface area contributed by atoms with Crippen molar-refractivity contribution in [2.45, 2.75) is 18.1 Å². The van der Waals surface area contributed by atoms with E-state index in [0.29, 0.717) is 0 Å². The number of nitriles is 1. The van der Waals surface area contributed by atoms with Gasteiger partial charge < -0.3 is 4.74 Å². The number of nitrogens with zero attached hydrogens (tertiary/aromatic N) is 1. The van der Waals surface area contributed by atoms with E-state index in [9.17, 15) is 4.79 Å². The minimum absolute atomic E-state index is 0.0416. The van der Waals surface area contributed by atoms with E-state index in [1.165, 1.54) is 0 Å². The fourth-order valence-corrected chi connectivity index (χ4v) is 3.07. The Morgan fingerprint density at radius 1 is 1.71 bits per heavy atom. The second-order valence-corrected chi connectivity index (χ2v) is 5.53. The lowest BCUT2D eigenvalue weighted by atomic mass is 10.2. The Kier molecular flexibility index (Phi) is 5.26. The fraction of sp³-hybridized carbons (Fsp3) is 0.333. The molecule has 90 valence electrons. The molecule has 0 radical (unpaired) electrons. The van der Waals surface area contributed by atoms with Crippen LogP contribution in [0.15, 0.2) is 15.8 Å². The molecule has 3 nitrogen and oxygen atoms in total. The van der Waals surface area contributed by atoms with Crippen molar-refractivity contribution in [3.63, 3.8) is 0 Å². The van der Waals surface area contributed by atoms with E-state index in [1.807, 2.05) is 25.3 Å². The van der Waals surface area contributed by atoms with Gasteiger partial charge in [-0.25, -0.2) is 4.79 Å². The number of hydrogen-bond acceptors (Lipinski definition) is 5. The zero-order valence-electron chi connectivity index (χ0n) is 9.94. The summed E-state index contributed by atoms with van der Waals surface area (Å²) in [4.78, 5) is 12.6. The highest BCUT2D eigenvalue weighted by Crippen LogP contribution is 2.31. The lowest BCUT2D eigenvalue weighted by molar-refractivity contribution is -0.137. The van der Waals surface area contributed by atoms with E-state index in [-0.39, 0.29) is 12.2 Å². The largest absolute Gasteiger partial charge is 0.462 e. The Hall–Kier alpha value is -1.25. The molecular weight excluding hydrogens is 254 g/mol. The van der Waals surface area contributed by atoms with E-state index in [4.69, 9.17) is 10.00 Å². The minimum atomic E-state index is -0.564. The lowest BCUT2D eigenvalue weighted by Crippen LogP contribution is -2.05. The summed E-state index contributed by atoms with van der Waals surface area (Å²) in [6.45, 7) is 3.99. The molecule has 0 aromatic carbocycles. The third kappa shape index (κ3) is 3.62. The van der Waals surface area contributed by atoms with E-state index < -0.39 is 5.97 Å². The molecule has 17 heavy (non-hydrogen) atoms. The lowest BCUT2D eigenvalue weighted by Gasteiger charge is -1.99. The monoisotopic (exact) mass is 267 g/mol. The predicted octanol–water partition coefficient (Wildman–Crippen LogP) is 3.25. The molecule has 0 unspecified atom stereocenters. The zero-order valence-corrected chi connectivity index (χ0v) is 11.6. The third-order valence-corrected chi connectivity index (χ3v) is 4.17. The average molecular weight is 267 g/mol. The van der Waals surface area contributed by atoms with Gasteiger partial charge >= 0.3 is 5.97 Å². The Labute approximate surface area is 109 Å². The number of carbonyl (C=O) groups is 1. The predicted molar refractivity (Wildman–Crippen MR) is 71.1 cm³/mol. The number of hydrogen-bond donors (Lipinski definition) is 0. The summed E-state index contributed by atoms with van der Waals surface area (Å²) in [5.41, 5.74) is 0.949. The number of thioether (sulfide) groups is 1. The number of ether oxygens (including phenoxy) is 1. The average Bonchev–Trinajstić information content (AvgIpc) is 2.66. The zero-order chi connectivity index (χ0) is 12.8. The van der Waals surface area contributed by atoms with Crippen molar-refractivity contribution in [1.82, 2.24) is 0 Å². The Balaban J connectivity index is 3.06. The molecule has 0 saturated carbocycles. The first-order chi connectivity index (χ1) is 8.12. The molecule has 1 rings (SSSR count). The standard InChI is InChI=1S/C12H13NO2S2/c1-4-15-11(14)10(7-13)6-9-5-8(2)17-12(9)16-3/h5-6H,4H2,1-3H3/b10-6+. The summed E-state index contributed by atoms with van der Waals surface area (Å²) in [6, 6.07) is 3.84. The topological polar surface area (TPSA) is 50.1 Å². The summed E-state index contributed by atoms with van der Waals surface area (Å²) in [6.07, 6.45) is 3.56. The highest BCUT2D eigenvalue weighted by Gasteiger charge is 2.12. The van der Waals surface area contributed by atoms with Crippen LogP contribution in [0.4, 0.5) is 0 Å². The van der Waals surface area contributed by atoms with Crippen molar-refractivity contribution in [2.24, 2.45) is 0 Å². The molecule has 0 aliphatic carbocycles. The number of thiophene rings is 1. The molecule has 0 amide bonds. The van der Waals surface area contributed by atoms with Gasteiger partial charge in [0.25, 0.3) is 0 Å². The van der Waals surface area contributed by atoms with Crippen LogP contribution < -0.4 is 0 Å². The van der Waals surface area contributed by atoms with Crippen LogP contribution in [0, 0.1) is 18.3 Å².